The predicted octanol–water partition coefficient (Wildman–Crippen LogP) is 5.78. The van der Waals surface area contributed by atoms with Crippen LogP contribution < -0.4 is 0 Å². The van der Waals surface area contributed by atoms with Crippen LogP contribution in [0.2, 0.25) is 15.1 Å². The molecular weight excluding hydrogens is 346 g/mol. The van der Waals surface area contributed by atoms with Gasteiger partial charge in [0.05, 0.1) is 10.0 Å². The summed E-state index contributed by atoms with van der Waals surface area (Å²) in [6.07, 6.45) is 3.41. The van der Waals surface area contributed by atoms with Crippen LogP contribution in [0.25, 0.3) is 0 Å². The molecule has 0 saturated heterocycles. The van der Waals surface area contributed by atoms with E-state index in [-0.39, 0.29) is 5.78 Å². The van der Waals surface area contributed by atoms with Crippen molar-refractivity contribution >= 4 is 56.5 Å². The molecule has 0 radical (unpaired) electrons. The molecule has 0 aromatic heterocycles. The predicted molar refractivity (Wildman–Crippen MR) is 78.1 cm³/mol. The first-order chi connectivity index (χ1) is 8.06. The first kappa shape index (κ1) is 15.3. The highest BCUT2D eigenvalue weighted by Gasteiger charge is 2.13. The maximum absolute atomic E-state index is 11.9. The number of hydrogen-bond acceptors (Lipinski definition) is 1. The lowest BCUT2D eigenvalue weighted by atomic mass is 10.0. The second-order valence-electron chi connectivity index (χ2n) is 3.67. The summed E-state index contributed by atoms with van der Waals surface area (Å²) in [6, 6.07) is 3.11. The quantitative estimate of drug-likeness (QED) is 0.272. The minimum atomic E-state index is -0.00558. The molecule has 1 aromatic carbocycles. The first-order valence-electron chi connectivity index (χ1n) is 5.30. The van der Waals surface area contributed by atoms with Crippen molar-refractivity contribution in [1.82, 2.24) is 0 Å². The fraction of sp³-hybridized carbons (Fsp3) is 0.417. The second kappa shape index (κ2) is 7.63. The van der Waals surface area contributed by atoms with Gasteiger partial charge in [0.2, 0.25) is 0 Å². The summed E-state index contributed by atoms with van der Waals surface area (Å²) in [5.74, 6) is -0.00558. The minimum Gasteiger partial charge on any atom is -0.294 e. The summed E-state index contributed by atoms with van der Waals surface area (Å²) in [6.45, 7) is 0. The largest absolute Gasteiger partial charge is 0.294 e. The van der Waals surface area contributed by atoms with E-state index < -0.39 is 0 Å². The molecule has 0 bridgehead atoms. The van der Waals surface area contributed by atoms with E-state index in [9.17, 15) is 4.79 Å². The van der Waals surface area contributed by atoms with Crippen molar-refractivity contribution in [1.29, 1.82) is 0 Å². The summed E-state index contributed by atoms with van der Waals surface area (Å²) in [7, 11) is 0. The highest BCUT2D eigenvalue weighted by atomic mass is 79.9. The van der Waals surface area contributed by atoms with Crippen molar-refractivity contribution in [2.24, 2.45) is 0 Å². The number of unbranched alkanes of at least 4 members (excludes halogenated alkanes) is 2. The fourth-order valence-electron chi connectivity index (χ4n) is 1.45. The molecule has 0 saturated carbocycles. The van der Waals surface area contributed by atoms with E-state index in [2.05, 4.69) is 15.9 Å². The molecule has 0 aliphatic heterocycles. The smallest absolute Gasteiger partial charge is 0.164 e. The lowest BCUT2D eigenvalue weighted by Gasteiger charge is -2.06. The lowest BCUT2D eigenvalue weighted by Crippen LogP contribution is -2.00. The van der Waals surface area contributed by atoms with Gasteiger partial charge in [0.25, 0.3) is 0 Å². The van der Waals surface area contributed by atoms with Crippen molar-refractivity contribution in [3.8, 4) is 0 Å². The third-order valence-corrected chi connectivity index (χ3v) is 3.91. The van der Waals surface area contributed by atoms with E-state index in [1.807, 2.05) is 0 Å². The van der Waals surface area contributed by atoms with Crippen LogP contribution in [0.5, 0.6) is 0 Å². The first-order valence-corrected chi connectivity index (χ1v) is 7.55. The van der Waals surface area contributed by atoms with Crippen LogP contribution in [0.15, 0.2) is 12.1 Å². The van der Waals surface area contributed by atoms with E-state index in [1.54, 1.807) is 6.07 Å². The van der Waals surface area contributed by atoms with Crippen LogP contribution in [0.4, 0.5) is 0 Å². The lowest BCUT2D eigenvalue weighted by molar-refractivity contribution is 0.0979. The Morgan fingerprint density at radius 2 is 1.82 bits per heavy atom. The van der Waals surface area contributed by atoms with Gasteiger partial charge in [-0.2, -0.15) is 0 Å². The molecule has 94 valence electrons. The summed E-state index contributed by atoms with van der Waals surface area (Å²) >= 11 is 21.1. The SMILES string of the molecule is O=C(CCCCCBr)c1cc(Cl)cc(Cl)c1Cl. The minimum absolute atomic E-state index is 0.00558. The number of benzene rings is 1. The molecule has 17 heavy (non-hydrogen) atoms. The Labute approximate surface area is 125 Å². The van der Waals surface area contributed by atoms with E-state index in [4.69, 9.17) is 34.8 Å². The number of hydrogen-bond donors (Lipinski definition) is 0. The van der Waals surface area contributed by atoms with Gasteiger partial charge in [0.15, 0.2) is 5.78 Å². The third kappa shape index (κ3) is 4.78. The maximum Gasteiger partial charge on any atom is 0.164 e. The van der Waals surface area contributed by atoms with Crippen molar-refractivity contribution in [2.45, 2.75) is 25.7 Å². The van der Waals surface area contributed by atoms with Gasteiger partial charge in [-0.3, -0.25) is 4.79 Å². The topological polar surface area (TPSA) is 17.1 Å². The van der Waals surface area contributed by atoms with Crippen molar-refractivity contribution in [3.05, 3.63) is 32.8 Å². The number of rotatable bonds is 6. The average molecular weight is 358 g/mol. The Morgan fingerprint density at radius 3 is 2.47 bits per heavy atom. The molecule has 1 rings (SSSR count). The van der Waals surface area contributed by atoms with Gasteiger partial charge in [-0.15, -0.1) is 0 Å². The van der Waals surface area contributed by atoms with Crippen LogP contribution >= 0.6 is 50.7 Å². The van der Waals surface area contributed by atoms with E-state index in [0.29, 0.717) is 27.1 Å². The van der Waals surface area contributed by atoms with E-state index in [1.165, 1.54) is 6.07 Å². The monoisotopic (exact) mass is 356 g/mol. The van der Waals surface area contributed by atoms with E-state index in [0.717, 1.165) is 24.6 Å². The molecule has 0 aliphatic carbocycles. The number of carbonyl (C=O) groups is 1. The van der Waals surface area contributed by atoms with Gasteiger partial charge in [-0.25, -0.2) is 0 Å². The Morgan fingerprint density at radius 1 is 1.12 bits per heavy atom. The molecule has 1 aromatic rings. The third-order valence-electron chi connectivity index (χ3n) is 2.33. The second-order valence-corrected chi connectivity index (χ2v) is 5.69. The highest BCUT2D eigenvalue weighted by molar-refractivity contribution is 9.09. The molecule has 0 atom stereocenters. The molecule has 0 amide bonds. The summed E-state index contributed by atoms with van der Waals surface area (Å²) in [4.78, 5) is 11.9. The molecule has 0 spiro atoms. The van der Waals surface area contributed by atoms with Gasteiger partial charge in [0.1, 0.15) is 0 Å². The van der Waals surface area contributed by atoms with Crippen LogP contribution in [0.1, 0.15) is 36.0 Å². The van der Waals surface area contributed by atoms with Gasteiger partial charge in [-0.05, 0) is 25.0 Å². The van der Waals surface area contributed by atoms with Crippen LogP contribution in [0, 0.1) is 0 Å². The fourth-order valence-corrected chi connectivity index (χ4v) is 2.55. The maximum atomic E-state index is 11.9. The van der Waals surface area contributed by atoms with Crippen molar-refractivity contribution in [3.63, 3.8) is 0 Å². The van der Waals surface area contributed by atoms with Crippen molar-refractivity contribution < 1.29 is 4.79 Å². The molecule has 0 aliphatic rings. The molecular formula is C12H12BrCl3O. The van der Waals surface area contributed by atoms with E-state index >= 15 is 0 Å². The molecule has 0 heterocycles. The number of halogens is 4. The Bertz CT molecular complexity index is 407. The van der Waals surface area contributed by atoms with Gasteiger partial charge >= 0.3 is 0 Å². The standard InChI is InChI=1S/C12H12BrCl3O/c13-5-3-1-2-4-11(17)9-6-8(14)7-10(15)12(9)16/h6-7H,1-5H2. The van der Waals surface area contributed by atoms with Crippen LogP contribution in [0.3, 0.4) is 0 Å². The van der Waals surface area contributed by atoms with Crippen LogP contribution in [-0.2, 0) is 0 Å². The van der Waals surface area contributed by atoms with Gasteiger partial charge in [-0.1, -0.05) is 57.2 Å². The molecule has 0 fully saturated rings. The zero-order valence-corrected chi connectivity index (χ0v) is 13.0. The summed E-state index contributed by atoms with van der Waals surface area (Å²) in [5.41, 5.74) is 0.419. The zero-order chi connectivity index (χ0) is 12.8. The number of alkyl halides is 1. The molecule has 1 nitrogen and oxygen atoms in total. The van der Waals surface area contributed by atoms with Crippen LogP contribution in [-0.4, -0.2) is 11.1 Å². The Hall–Kier alpha value is 0.240. The Kier molecular flexibility index (Phi) is 6.86. The number of Topliss-reactive ketones (excluding diaryl/α,β-unsaturated/α-hetero) is 1. The molecule has 0 unspecified atom stereocenters. The van der Waals surface area contributed by atoms with Gasteiger partial charge in [0, 0.05) is 22.3 Å². The zero-order valence-electron chi connectivity index (χ0n) is 9.11. The summed E-state index contributed by atoms with van der Waals surface area (Å²) in [5, 5.41) is 2.01. The van der Waals surface area contributed by atoms with Gasteiger partial charge < -0.3 is 0 Å². The molecule has 0 N–H and O–H groups in total. The Balaban J connectivity index is 2.69. The highest BCUT2D eigenvalue weighted by Crippen LogP contribution is 2.30. The normalized spacial score (nSPS) is 10.6. The average Bonchev–Trinajstić information content (AvgIpc) is 2.29. The summed E-state index contributed by atoms with van der Waals surface area (Å²) < 4.78 is 0. The van der Waals surface area contributed by atoms with Crippen molar-refractivity contribution in [2.75, 3.05) is 5.33 Å². The number of ketones is 1. The molecule has 5 heteroatoms. The number of carbonyl (C=O) groups excluding carboxylic acids is 1.